The molecule has 0 saturated heterocycles. The number of hydrogen-bond donors (Lipinski definition) is 1. The summed E-state index contributed by atoms with van der Waals surface area (Å²) < 4.78 is 39.9. The second-order valence-electron chi connectivity index (χ2n) is 6.01. The van der Waals surface area contributed by atoms with Gasteiger partial charge in [-0.05, 0) is 29.3 Å². The molecular formula is C18H16ClF2N5O3. The number of benzene rings is 1. The van der Waals surface area contributed by atoms with Crippen LogP contribution in [0.2, 0.25) is 0 Å². The van der Waals surface area contributed by atoms with E-state index in [1.165, 1.54) is 12.3 Å². The summed E-state index contributed by atoms with van der Waals surface area (Å²) in [6, 6.07) is 6.47. The van der Waals surface area contributed by atoms with Crippen molar-refractivity contribution in [1.82, 2.24) is 19.3 Å². The zero-order valence-electron chi connectivity index (χ0n) is 14.9. The van der Waals surface area contributed by atoms with Gasteiger partial charge in [0.05, 0.1) is 12.9 Å². The predicted molar refractivity (Wildman–Crippen MR) is 103 cm³/mol. The van der Waals surface area contributed by atoms with Crippen molar-refractivity contribution in [2.45, 2.75) is 6.54 Å². The Balaban J connectivity index is 0.00000240. The first-order valence-electron chi connectivity index (χ1n) is 8.29. The molecule has 1 aromatic carbocycles. The molecular weight excluding hydrogens is 408 g/mol. The molecule has 2 aromatic heterocycles. The summed E-state index contributed by atoms with van der Waals surface area (Å²) in [6.07, 6.45) is 2.89. The topological polar surface area (TPSA) is 97.2 Å². The van der Waals surface area contributed by atoms with E-state index in [0.717, 1.165) is 15.6 Å². The Bertz CT molecular complexity index is 1130. The summed E-state index contributed by atoms with van der Waals surface area (Å²) in [5.41, 5.74) is 6.10. The second-order valence-corrected chi connectivity index (χ2v) is 6.01. The van der Waals surface area contributed by atoms with Crippen molar-refractivity contribution in [1.29, 1.82) is 0 Å². The van der Waals surface area contributed by atoms with Crippen LogP contribution in [0.25, 0.3) is 16.9 Å². The minimum atomic E-state index is -0.711. The maximum absolute atomic E-state index is 14.7. The highest BCUT2D eigenvalue weighted by atomic mass is 35.5. The average molecular weight is 424 g/mol. The van der Waals surface area contributed by atoms with Crippen LogP contribution < -0.4 is 20.9 Å². The molecule has 4 rings (SSSR count). The molecule has 29 heavy (non-hydrogen) atoms. The minimum absolute atomic E-state index is 0. The fraction of sp³-hybridized carbons (Fsp3) is 0.167. The van der Waals surface area contributed by atoms with Crippen molar-refractivity contribution < 1.29 is 18.3 Å². The Labute approximate surface area is 169 Å². The monoisotopic (exact) mass is 423 g/mol. The van der Waals surface area contributed by atoms with Crippen molar-refractivity contribution >= 4 is 12.4 Å². The molecule has 2 N–H and O–H groups in total. The molecule has 0 radical (unpaired) electrons. The van der Waals surface area contributed by atoms with Gasteiger partial charge >= 0.3 is 5.69 Å². The quantitative estimate of drug-likeness (QED) is 0.675. The van der Waals surface area contributed by atoms with Gasteiger partial charge in [-0.1, -0.05) is 6.07 Å². The number of pyridine rings is 1. The van der Waals surface area contributed by atoms with Crippen LogP contribution in [0.3, 0.4) is 0 Å². The van der Waals surface area contributed by atoms with Crippen molar-refractivity contribution in [3.63, 3.8) is 0 Å². The number of aromatic nitrogens is 4. The van der Waals surface area contributed by atoms with Gasteiger partial charge in [-0.15, -0.1) is 12.4 Å². The van der Waals surface area contributed by atoms with Crippen molar-refractivity contribution in [2.24, 2.45) is 5.73 Å². The Kier molecular flexibility index (Phi) is 5.95. The molecule has 0 spiro atoms. The van der Waals surface area contributed by atoms with E-state index in [0.29, 0.717) is 29.0 Å². The molecule has 0 fully saturated rings. The van der Waals surface area contributed by atoms with Crippen molar-refractivity contribution in [3.05, 3.63) is 65.0 Å². The van der Waals surface area contributed by atoms with E-state index in [4.69, 9.17) is 15.2 Å². The Morgan fingerprint density at radius 2 is 2.03 bits per heavy atom. The molecule has 3 aromatic rings. The summed E-state index contributed by atoms with van der Waals surface area (Å²) >= 11 is 0. The van der Waals surface area contributed by atoms with Gasteiger partial charge in [-0.2, -0.15) is 5.10 Å². The number of hydrogen-bond acceptors (Lipinski definition) is 6. The lowest BCUT2D eigenvalue weighted by molar-refractivity contribution is 0.174. The summed E-state index contributed by atoms with van der Waals surface area (Å²) in [5.74, 6) is 0.263. The third-order valence-electron chi connectivity index (χ3n) is 4.26. The predicted octanol–water partition coefficient (Wildman–Crippen LogP) is 2.20. The van der Waals surface area contributed by atoms with Gasteiger partial charge in [0.2, 0.25) is 6.79 Å². The summed E-state index contributed by atoms with van der Waals surface area (Å²) in [4.78, 5) is 16.5. The molecule has 0 amide bonds. The first-order valence-corrected chi connectivity index (χ1v) is 8.29. The highest BCUT2D eigenvalue weighted by molar-refractivity contribution is 5.85. The van der Waals surface area contributed by atoms with Gasteiger partial charge in [0.25, 0.3) is 0 Å². The lowest BCUT2D eigenvalue weighted by atomic mass is 10.1. The molecule has 8 nitrogen and oxygen atoms in total. The SMILES string of the molecule is Cl.NC/C(=C\F)Cn1ncn(-c2ncc(-c3ccc4c(c3)OCO4)cc2F)c1=O. The fourth-order valence-electron chi connectivity index (χ4n) is 2.77. The number of nitrogens with zero attached hydrogens (tertiary/aromatic N) is 4. The van der Waals surface area contributed by atoms with Crippen LogP contribution in [0, 0.1) is 5.82 Å². The lowest BCUT2D eigenvalue weighted by Gasteiger charge is -2.06. The molecule has 0 saturated carbocycles. The zero-order valence-corrected chi connectivity index (χ0v) is 15.7. The zero-order chi connectivity index (χ0) is 19.7. The third-order valence-corrected chi connectivity index (χ3v) is 4.26. The average Bonchev–Trinajstić information content (AvgIpc) is 3.32. The van der Waals surface area contributed by atoms with Crippen LogP contribution in [0.15, 0.2) is 53.5 Å². The molecule has 1 aliphatic rings. The Morgan fingerprint density at radius 1 is 1.24 bits per heavy atom. The van der Waals surface area contributed by atoms with E-state index in [2.05, 4.69) is 10.1 Å². The number of halogens is 3. The van der Waals surface area contributed by atoms with Gasteiger partial charge in [0.15, 0.2) is 23.1 Å². The van der Waals surface area contributed by atoms with Crippen LogP contribution >= 0.6 is 12.4 Å². The summed E-state index contributed by atoms with van der Waals surface area (Å²) in [6.45, 7) is -0.0525. The maximum atomic E-state index is 14.7. The van der Waals surface area contributed by atoms with Gasteiger partial charge < -0.3 is 15.2 Å². The number of rotatable bonds is 5. The number of ether oxygens (including phenoxy) is 2. The van der Waals surface area contributed by atoms with E-state index in [9.17, 15) is 13.6 Å². The van der Waals surface area contributed by atoms with Crippen molar-refractivity contribution in [2.75, 3.05) is 13.3 Å². The standard InChI is InChI=1S/C18H15F2N5O3.ClH/c19-5-11(6-21)8-25-18(26)24(9-23-25)17-14(20)3-13(7-22-17)12-1-2-15-16(4-12)28-10-27-15;/h1-5,7,9H,6,8,10,21H2;1H/b11-5+;. The van der Waals surface area contributed by atoms with Gasteiger partial charge in [0, 0.05) is 18.3 Å². The van der Waals surface area contributed by atoms with Crippen LogP contribution in [0.4, 0.5) is 8.78 Å². The van der Waals surface area contributed by atoms with E-state index >= 15 is 0 Å². The molecule has 152 valence electrons. The highest BCUT2D eigenvalue weighted by Crippen LogP contribution is 2.36. The minimum Gasteiger partial charge on any atom is -0.454 e. The molecule has 0 aliphatic carbocycles. The van der Waals surface area contributed by atoms with Gasteiger partial charge in [-0.3, -0.25) is 0 Å². The van der Waals surface area contributed by atoms with E-state index in [1.54, 1.807) is 18.2 Å². The van der Waals surface area contributed by atoms with Crippen LogP contribution in [0.1, 0.15) is 0 Å². The fourth-order valence-corrected chi connectivity index (χ4v) is 2.77. The molecule has 0 bridgehead atoms. The smallest absolute Gasteiger partial charge is 0.351 e. The summed E-state index contributed by atoms with van der Waals surface area (Å²) in [7, 11) is 0. The largest absolute Gasteiger partial charge is 0.454 e. The lowest BCUT2D eigenvalue weighted by Crippen LogP contribution is -2.26. The Hall–Kier alpha value is -3.24. The van der Waals surface area contributed by atoms with Crippen LogP contribution in [0.5, 0.6) is 11.5 Å². The Morgan fingerprint density at radius 3 is 2.76 bits per heavy atom. The summed E-state index contributed by atoms with van der Waals surface area (Å²) in [5, 5.41) is 3.86. The first kappa shape index (κ1) is 20.5. The van der Waals surface area contributed by atoms with Gasteiger partial charge in [0.1, 0.15) is 6.33 Å². The molecule has 0 atom stereocenters. The van der Waals surface area contributed by atoms with Gasteiger partial charge in [-0.25, -0.2) is 27.8 Å². The first-order chi connectivity index (χ1) is 13.6. The van der Waals surface area contributed by atoms with E-state index in [-0.39, 0.29) is 43.7 Å². The number of nitrogens with two attached hydrogens (primary N) is 1. The van der Waals surface area contributed by atoms with Crippen molar-refractivity contribution in [3.8, 4) is 28.4 Å². The molecule has 3 heterocycles. The highest BCUT2D eigenvalue weighted by Gasteiger charge is 2.17. The molecule has 1 aliphatic heterocycles. The normalized spacial score (nSPS) is 12.7. The molecule has 0 unspecified atom stereocenters. The van der Waals surface area contributed by atoms with E-state index < -0.39 is 11.5 Å². The second kappa shape index (κ2) is 8.41. The maximum Gasteiger partial charge on any atom is 0.351 e. The van der Waals surface area contributed by atoms with Crippen LogP contribution in [-0.2, 0) is 6.54 Å². The molecule has 11 heteroatoms. The third kappa shape index (κ3) is 3.84. The van der Waals surface area contributed by atoms with Crippen LogP contribution in [-0.4, -0.2) is 32.7 Å². The number of fused-ring (bicyclic) bond motifs is 1. The van der Waals surface area contributed by atoms with E-state index in [1.807, 2.05) is 0 Å².